The third kappa shape index (κ3) is 4.29. The van der Waals surface area contributed by atoms with Crippen LogP contribution in [0.3, 0.4) is 0 Å². The van der Waals surface area contributed by atoms with Gasteiger partial charge in [-0.05, 0) is 30.7 Å². The molecule has 0 unspecified atom stereocenters. The first-order valence-electron chi connectivity index (χ1n) is 9.82. The minimum Gasteiger partial charge on any atom is -0.488 e. The average molecular weight is 378 g/mol. The fourth-order valence-corrected chi connectivity index (χ4v) is 3.56. The third-order valence-electron chi connectivity index (χ3n) is 5.10. The summed E-state index contributed by atoms with van der Waals surface area (Å²) in [6.07, 6.45) is 3.60. The summed E-state index contributed by atoms with van der Waals surface area (Å²) in [5.74, 6) is 1.92. The number of piperidine rings is 1. The number of β-amino-alcohol motifs (C(OH)–C–C–N with tert-alkyl or cyclic N) is 1. The van der Waals surface area contributed by atoms with Gasteiger partial charge in [0.25, 0.3) is 0 Å². The number of hydrogen-bond donors (Lipinski definition) is 1. The van der Waals surface area contributed by atoms with Crippen molar-refractivity contribution in [3.05, 3.63) is 60.3 Å². The zero-order valence-electron chi connectivity index (χ0n) is 16.3. The van der Waals surface area contributed by atoms with Crippen molar-refractivity contribution in [1.82, 2.24) is 19.9 Å². The highest BCUT2D eigenvalue weighted by Gasteiger charge is 2.29. The fourth-order valence-electron chi connectivity index (χ4n) is 3.56. The van der Waals surface area contributed by atoms with Gasteiger partial charge in [-0.1, -0.05) is 19.9 Å². The summed E-state index contributed by atoms with van der Waals surface area (Å²) in [4.78, 5) is 15.5. The van der Waals surface area contributed by atoms with Gasteiger partial charge >= 0.3 is 0 Å². The van der Waals surface area contributed by atoms with E-state index >= 15 is 0 Å². The molecule has 0 bridgehead atoms. The minimum absolute atomic E-state index is 0.214. The second-order valence-electron chi connectivity index (χ2n) is 7.67. The molecule has 2 aromatic heterocycles. The van der Waals surface area contributed by atoms with Crippen LogP contribution in [0.1, 0.15) is 37.7 Å². The van der Waals surface area contributed by atoms with E-state index in [2.05, 4.69) is 33.7 Å². The quantitative estimate of drug-likeness (QED) is 0.735. The predicted octanol–water partition coefficient (Wildman–Crippen LogP) is 3.16. The molecular weight excluding hydrogens is 352 g/mol. The molecule has 3 aromatic rings. The Kier molecular flexibility index (Phi) is 5.50. The molecule has 2 atom stereocenters. The molecule has 1 N–H and O–H groups in total. The molecule has 0 radical (unpaired) electrons. The first-order chi connectivity index (χ1) is 13.6. The second kappa shape index (κ2) is 8.20. The van der Waals surface area contributed by atoms with Crippen LogP contribution in [0.5, 0.6) is 5.75 Å². The van der Waals surface area contributed by atoms with Crippen molar-refractivity contribution < 1.29 is 9.84 Å². The zero-order valence-corrected chi connectivity index (χ0v) is 16.3. The van der Waals surface area contributed by atoms with Crippen LogP contribution in [0.25, 0.3) is 10.9 Å². The Bertz CT molecular complexity index is 946. The predicted molar refractivity (Wildman–Crippen MR) is 108 cm³/mol. The average Bonchev–Trinajstić information content (AvgIpc) is 2.70. The highest BCUT2D eigenvalue weighted by molar-refractivity contribution is 5.79. The van der Waals surface area contributed by atoms with Crippen LogP contribution in [0.15, 0.2) is 48.8 Å². The van der Waals surface area contributed by atoms with E-state index in [9.17, 15) is 5.11 Å². The molecule has 6 nitrogen and oxygen atoms in total. The number of aromatic nitrogens is 3. The Morgan fingerprint density at radius 2 is 2.07 bits per heavy atom. The Labute approximate surface area is 165 Å². The molecule has 0 amide bonds. The number of aliphatic hydroxyl groups is 1. The number of hydrogen-bond acceptors (Lipinski definition) is 6. The number of ether oxygens (including phenoxy) is 1. The number of benzene rings is 1. The highest BCUT2D eigenvalue weighted by Crippen LogP contribution is 2.23. The maximum Gasteiger partial charge on any atom is 0.131 e. The number of nitrogens with zero attached hydrogens (tertiary/aromatic N) is 4. The van der Waals surface area contributed by atoms with Gasteiger partial charge < -0.3 is 9.84 Å². The Hall–Kier alpha value is -2.57. The van der Waals surface area contributed by atoms with E-state index < -0.39 is 6.10 Å². The molecule has 1 saturated heterocycles. The van der Waals surface area contributed by atoms with Crippen LogP contribution < -0.4 is 4.74 Å². The Morgan fingerprint density at radius 3 is 2.89 bits per heavy atom. The molecule has 146 valence electrons. The van der Waals surface area contributed by atoms with Crippen molar-refractivity contribution in [3.8, 4) is 5.75 Å². The molecule has 1 aliphatic rings. The van der Waals surface area contributed by atoms with E-state index in [0.29, 0.717) is 19.0 Å². The van der Waals surface area contributed by atoms with Crippen LogP contribution in [-0.2, 0) is 6.54 Å². The molecule has 1 aromatic carbocycles. The molecule has 0 aliphatic carbocycles. The summed E-state index contributed by atoms with van der Waals surface area (Å²) in [5.41, 5.74) is 1.89. The van der Waals surface area contributed by atoms with Gasteiger partial charge in [0.15, 0.2) is 0 Å². The Balaban J connectivity index is 1.37. The summed E-state index contributed by atoms with van der Waals surface area (Å²) in [6.45, 7) is 6.32. The Morgan fingerprint density at radius 1 is 1.18 bits per heavy atom. The van der Waals surface area contributed by atoms with Gasteiger partial charge in [-0.3, -0.25) is 9.88 Å². The standard InChI is InChI=1S/C22H26N4O2/c1-15(2)22-24-10-7-17(25-22)13-26-11-8-21(20(27)14-26)28-18-6-5-16-4-3-9-23-19(16)12-18/h3-7,9-10,12,15,20-21,27H,8,11,13-14H2,1-2H3/t20-,21-/m1/s1. The van der Waals surface area contributed by atoms with Gasteiger partial charge in [-0.25, -0.2) is 9.97 Å². The smallest absolute Gasteiger partial charge is 0.131 e. The lowest BCUT2D eigenvalue weighted by Crippen LogP contribution is -2.48. The van der Waals surface area contributed by atoms with Gasteiger partial charge in [-0.15, -0.1) is 0 Å². The number of pyridine rings is 1. The summed E-state index contributed by atoms with van der Waals surface area (Å²) in [6, 6.07) is 11.8. The maximum absolute atomic E-state index is 10.6. The molecule has 1 fully saturated rings. The van der Waals surface area contributed by atoms with Crippen molar-refractivity contribution in [1.29, 1.82) is 0 Å². The summed E-state index contributed by atoms with van der Waals surface area (Å²) in [5, 5.41) is 11.7. The third-order valence-corrected chi connectivity index (χ3v) is 5.10. The summed E-state index contributed by atoms with van der Waals surface area (Å²) in [7, 11) is 0. The minimum atomic E-state index is -0.542. The maximum atomic E-state index is 10.6. The lowest BCUT2D eigenvalue weighted by molar-refractivity contribution is -0.0277. The first kappa shape index (κ1) is 18.8. The van der Waals surface area contributed by atoms with Crippen molar-refractivity contribution >= 4 is 10.9 Å². The van der Waals surface area contributed by atoms with E-state index in [4.69, 9.17) is 4.74 Å². The molecule has 0 saturated carbocycles. The molecular formula is C22H26N4O2. The van der Waals surface area contributed by atoms with Crippen molar-refractivity contribution in [2.45, 2.75) is 44.9 Å². The van der Waals surface area contributed by atoms with Crippen LogP contribution >= 0.6 is 0 Å². The van der Waals surface area contributed by atoms with Gasteiger partial charge in [0.1, 0.15) is 23.8 Å². The summed E-state index contributed by atoms with van der Waals surface area (Å²) >= 11 is 0. The number of likely N-dealkylation sites (tertiary alicyclic amines) is 1. The lowest BCUT2D eigenvalue weighted by Gasteiger charge is -2.35. The molecule has 3 heterocycles. The van der Waals surface area contributed by atoms with Crippen molar-refractivity contribution in [3.63, 3.8) is 0 Å². The van der Waals surface area contributed by atoms with E-state index in [1.807, 2.05) is 42.6 Å². The second-order valence-corrected chi connectivity index (χ2v) is 7.67. The molecule has 1 aliphatic heterocycles. The van der Waals surface area contributed by atoms with E-state index in [-0.39, 0.29) is 6.10 Å². The monoisotopic (exact) mass is 378 g/mol. The largest absolute Gasteiger partial charge is 0.488 e. The lowest BCUT2D eigenvalue weighted by atomic mass is 10.0. The van der Waals surface area contributed by atoms with E-state index in [0.717, 1.165) is 41.1 Å². The normalized spacial score (nSPS) is 20.6. The number of fused-ring (bicyclic) bond motifs is 1. The van der Waals surface area contributed by atoms with E-state index in [1.165, 1.54) is 0 Å². The molecule has 4 rings (SSSR count). The van der Waals surface area contributed by atoms with Crippen LogP contribution in [-0.4, -0.2) is 50.3 Å². The van der Waals surface area contributed by atoms with Crippen LogP contribution in [0, 0.1) is 0 Å². The van der Waals surface area contributed by atoms with E-state index in [1.54, 1.807) is 6.20 Å². The SMILES string of the molecule is CC(C)c1nccc(CN2CC[C@@H](Oc3ccc4cccnc4c3)[C@H](O)C2)n1. The molecule has 0 spiro atoms. The van der Waals surface area contributed by atoms with Crippen LogP contribution in [0.2, 0.25) is 0 Å². The number of rotatable bonds is 5. The van der Waals surface area contributed by atoms with Gasteiger partial charge in [-0.2, -0.15) is 0 Å². The zero-order chi connectivity index (χ0) is 19.5. The topological polar surface area (TPSA) is 71.4 Å². The molecule has 28 heavy (non-hydrogen) atoms. The van der Waals surface area contributed by atoms with Crippen molar-refractivity contribution in [2.24, 2.45) is 0 Å². The number of aliphatic hydroxyl groups excluding tert-OH is 1. The van der Waals surface area contributed by atoms with Gasteiger partial charge in [0.05, 0.1) is 11.2 Å². The fraction of sp³-hybridized carbons (Fsp3) is 0.409. The highest BCUT2D eigenvalue weighted by atomic mass is 16.5. The van der Waals surface area contributed by atoms with Crippen molar-refractivity contribution in [2.75, 3.05) is 13.1 Å². The van der Waals surface area contributed by atoms with Gasteiger partial charge in [0.2, 0.25) is 0 Å². The van der Waals surface area contributed by atoms with Crippen LogP contribution in [0.4, 0.5) is 0 Å². The first-order valence-corrected chi connectivity index (χ1v) is 9.82. The summed E-state index contributed by atoms with van der Waals surface area (Å²) < 4.78 is 6.08. The van der Waals surface area contributed by atoms with Gasteiger partial charge in [0, 0.05) is 49.4 Å². The molecule has 6 heteroatoms.